The van der Waals surface area contributed by atoms with Crippen LogP contribution in [0, 0.1) is 0 Å². The Morgan fingerprint density at radius 3 is 2.39 bits per heavy atom. The molecule has 0 atom stereocenters. The van der Waals surface area contributed by atoms with Crippen molar-refractivity contribution in [3.63, 3.8) is 0 Å². The van der Waals surface area contributed by atoms with Crippen LogP contribution in [-0.4, -0.2) is 27.0 Å². The monoisotopic (exact) mass is 443 g/mol. The van der Waals surface area contributed by atoms with Gasteiger partial charge < -0.3 is 20.1 Å². The van der Waals surface area contributed by atoms with Crippen molar-refractivity contribution in [1.29, 1.82) is 0 Å². The molecule has 1 aromatic heterocycles. The summed E-state index contributed by atoms with van der Waals surface area (Å²) in [6.45, 7) is 0.729. The average molecular weight is 443 g/mol. The lowest BCUT2D eigenvalue weighted by molar-refractivity contribution is 0.0696. The number of nitrogens with zero attached hydrogens (tertiary/aromatic N) is 1. The van der Waals surface area contributed by atoms with Gasteiger partial charge in [-0.2, -0.15) is 0 Å². The van der Waals surface area contributed by atoms with Gasteiger partial charge in [0.15, 0.2) is 5.82 Å². The molecular formula is C25H21N3O5. The Morgan fingerprint density at radius 2 is 1.67 bits per heavy atom. The Balaban J connectivity index is 1.46. The van der Waals surface area contributed by atoms with Gasteiger partial charge in [-0.05, 0) is 34.9 Å². The van der Waals surface area contributed by atoms with Gasteiger partial charge >= 0.3 is 5.97 Å². The van der Waals surface area contributed by atoms with Crippen LogP contribution in [0.4, 0.5) is 0 Å². The van der Waals surface area contributed by atoms with Gasteiger partial charge in [-0.25, -0.2) is 9.78 Å². The molecule has 0 aliphatic heterocycles. The Morgan fingerprint density at radius 1 is 0.909 bits per heavy atom. The van der Waals surface area contributed by atoms with Gasteiger partial charge in [0.2, 0.25) is 0 Å². The summed E-state index contributed by atoms with van der Waals surface area (Å²) >= 11 is 0. The number of carbonyl (C=O) groups is 2. The molecule has 0 radical (unpaired) electrons. The molecule has 3 aromatic carbocycles. The number of amides is 1. The molecule has 4 rings (SSSR count). The highest BCUT2D eigenvalue weighted by atomic mass is 16.5. The van der Waals surface area contributed by atoms with Crippen molar-refractivity contribution < 1.29 is 19.4 Å². The quantitative estimate of drug-likeness (QED) is 0.384. The minimum absolute atomic E-state index is 0.0555. The summed E-state index contributed by atoms with van der Waals surface area (Å²) in [7, 11) is 0. The number of aromatic amines is 1. The molecule has 0 fully saturated rings. The van der Waals surface area contributed by atoms with E-state index in [0.717, 1.165) is 11.1 Å². The molecule has 33 heavy (non-hydrogen) atoms. The second-order valence-electron chi connectivity index (χ2n) is 7.39. The lowest BCUT2D eigenvalue weighted by atomic mass is 10.1. The third-order valence-corrected chi connectivity index (χ3v) is 5.06. The van der Waals surface area contributed by atoms with Crippen LogP contribution < -0.4 is 10.9 Å². The predicted molar refractivity (Wildman–Crippen MR) is 122 cm³/mol. The summed E-state index contributed by atoms with van der Waals surface area (Å²) in [5, 5.41) is 12.1. The fourth-order valence-corrected chi connectivity index (χ4v) is 3.37. The zero-order chi connectivity index (χ0) is 23.2. The van der Waals surface area contributed by atoms with E-state index < -0.39 is 17.4 Å². The smallest absolute Gasteiger partial charge is 0.335 e. The highest BCUT2D eigenvalue weighted by molar-refractivity contribution is 5.93. The Hall–Kier alpha value is -4.30. The van der Waals surface area contributed by atoms with Gasteiger partial charge in [0.1, 0.15) is 0 Å². The van der Waals surface area contributed by atoms with Crippen molar-refractivity contribution in [2.45, 2.75) is 19.8 Å². The number of nitrogens with one attached hydrogen (secondary N) is 2. The van der Waals surface area contributed by atoms with Crippen LogP contribution in [-0.2, 0) is 24.5 Å². The Labute approximate surface area is 188 Å². The van der Waals surface area contributed by atoms with Gasteiger partial charge in [-0.1, -0.05) is 54.6 Å². The number of carbonyl (C=O) groups excluding carboxylic acids is 1. The molecule has 4 aromatic rings. The number of H-pyrrole nitrogens is 1. The molecule has 0 aliphatic carbocycles. The molecule has 1 amide bonds. The van der Waals surface area contributed by atoms with Gasteiger partial charge in [0, 0.05) is 6.54 Å². The van der Waals surface area contributed by atoms with Gasteiger partial charge in [0.05, 0.1) is 29.7 Å². The lowest BCUT2D eigenvalue weighted by Gasteiger charge is -2.09. The number of hydrogen-bond donors (Lipinski definition) is 3. The Kier molecular flexibility index (Phi) is 6.56. The first-order valence-electron chi connectivity index (χ1n) is 10.3. The maximum absolute atomic E-state index is 12.7. The molecule has 0 bridgehead atoms. The minimum Gasteiger partial charge on any atom is -0.478 e. The van der Waals surface area contributed by atoms with Crippen LogP contribution >= 0.6 is 0 Å². The first-order chi connectivity index (χ1) is 16.0. The van der Waals surface area contributed by atoms with Crippen LogP contribution in [0.3, 0.4) is 0 Å². The molecule has 0 saturated heterocycles. The zero-order valence-corrected chi connectivity index (χ0v) is 17.6. The maximum atomic E-state index is 12.7. The van der Waals surface area contributed by atoms with E-state index in [1.54, 1.807) is 30.3 Å². The molecule has 0 spiro atoms. The lowest BCUT2D eigenvalue weighted by Crippen LogP contribution is -2.27. The number of carboxylic acids is 1. The molecule has 3 N–H and O–H groups in total. The second kappa shape index (κ2) is 9.88. The van der Waals surface area contributed by atoms with Crippen LogP contribution in [0.1, 0.15) is 37.7 Å². The standard InChI is InChI=1S/C25H21N3O5/c29-23-21-19(15-33-14-17-9-11-18(12-10-17)25(31)32)7-4-8-20(21)27-22(28-23)24(30)26-13-16-5-2-1-3-6-16/h1-12H,13-15H2,(H,26,30)(H,31,32)(H,27,28,29). The zero-order valence-electron chi connectivity index (χ0n) is 17.6. The van der Waals surface area contributed by atoms with Crippen molar-refractivity contribution >= 4 is 22.8 Å². The highest BCUT2D eigenvalue weighted by Gasteiger charge is 2.14. The predicted octanol–water partition coefficient (Wildman–Crippen LogP) is 3.27. The van der Waals surface area contributed by atoms with E-state index >= 15 is 0 Å². The van der Waals surface area contributed by atoms with Crippen LogP contribution in [0.25, 0.3) is 10.9 Å². The van der Waals surface area contributed by atoms with Gasteiger partial charge in [-0.15, -0.1) is 0 Å². The number of ether oxygens (including phenoxy) is 1. The summed E-state index contributed by atoms with van der Waals surface area (Å²) in [6, 6.07) is 21.0. The van der Waals surface area contributed by atoms with E-state index in [1.807, 2.05) is 30.3 Å². The van der Waals surface area contributed by atoms with Gasteiger partial charge in [0.25, 0.3) is 11.5 Å². The highest BCUT2D eigenvalue weighted by Crippen LogP contribution is 2.15. The third kappa shape index (κ3) is 5.31. The van der Waals surface area contributed by atoms with E-state index in [0.29, 0.717) is 23.0 Å². The maximum Gasteiger partial charge on any atom is 0.335 e. The van der Waals surface area contributed by atoms with Crippen LogP contribution in [0.5, 0.6) is 0 Å². The van der Waals surface area contributed by atoms with E-state index in [2.05, 4.69) is 15.3 Å². The molecule has 0 unspecified atom stereocenters. The summed E-state index contributed by atoms with van der Waals surface area (Å²) < 4.78 is 5.73. The van der Waals surface area contributed by atoms with Crippen molar-refractivity contribution in [2.75, 3.05) is 0 Å². The van der Waals surface area contributed by atoms with E-state index in [9.17, 15) is 14.4 Å². The van der Waals surface area contributed by atoms with Crippen molar-refractivity contribution in [3.05, 3.63) is 111 Å². The minimum atomic E-state index is -0.988. The number of aromatic carboxylic acids is 1. The van der Waals surface area contributed by atoms with Crippen molar-refractivity contribution in [2.24, 2.45) is 0 Å². The molecular weight excluding hydrogens is 422 g/mol. The fraction of sp³-hybridized carbons (Fsp3) is 0.120. The fourth-order valence-electron chi connectivity index (χ4n) is 3.37. The normalized spacial score (nSPS) is 10.8. The summed E-state index contributed by atoms with van der Waals surface area (Å²) in [6.07, 6.45) is 0. The molecule has 1 heterocycles. The second-order valence-corrected chi connectivity index (χ2v) is 7.39. The largest absolute Gasteiger partial charge is 0.478 e. The topological polar surface area (TPSA) is 121 Å². The summed E-state index contributed by atoms with van der Waals surface area (Å²) in [4.78, 5) is 43.1. The van der Waals surface area contributed by atoms with Crippen LogP contribution in [0.15, 0.2) is 77.6 Å². The van der Waals surface area contributed by atoms with Crippen molar-refractivity contribution in [1.82, 2.24) is 15.3 Å². The molecule has 0 saturated carbocycles. The first kappa shape index (κ1) is 21.9. The third-order valence-electron chi connectivity index (χ3n) is 5.06. The Bertz CT molecular complexity index is 1350. The average Bonchev–Trinajstić information content (AvgIpc) is 2.83. The SMILES string of the molecule is O=C(O)c1ccc(COCc2cccc3nc(C(=O)NCc4ccccc4)[nH]c(=O)c23)cc1. The van der Waals surface area contributed by atoms with E-state index in [1.165, 1.54) is 12.1 Å². The molecule has 8 heteroatoms. The van der Waals surface area contributed by atoms with Gasteiger partial charge in [-0.3, -0.25) is 9.59 Å². The van der Waals surface area contributed by atoms with Crippen molar-refractivity contribution in [3.8, 4) is 0 Å². The molecule has 166 valence electrons. The number of benzene rings is 3. The van der Waals surface area contributed by atoms with E-state index in [-0.39, 0.29) is 24.6 Å². The summed E-state index contributed by atoms with van der Waals surface area (Å²) in [5.74, 6) is -1.51. The van der Waals surface area contributed by atoms with Crippen LogP contribution in [0.2, 0.25) is 0 Å². The number of hydrogen-bond acceptors (Lipinski definition) is 5. The number of fused-ring (bicyclic) bond motifs is 1. The molecule has 8 nitrogen and oxygen atoms in total. The van der Waals surface area contributed by atoms with E-state index in [4.69, 9.17) is 9.84 Å². The number of rotatable bonds is 8. The summed E-state index contributed by atoms with van der Waals surface area (Å²) in [5.41, 5.74) is 2.56. The molecule has 0 aliphatic rings. The first-order valence-corrected chi connectivity index (χ1v) is 10.3. The number of aromatic nitrogens is 2. The number of carboxylic acid groups (broad SMARTS) is 1.